The van der Waals surface area contributed by atoms with Gasteiger partial charge in [0.25, 0.3) is 0 Å². The van der Waals surface area contributed by atoms with Gasteiger partial charge in [0.05, 0.1) is 0 Å². The smallest absolute Gasteiger partial charge is 0.202 e. The Balaban J connectivity index is -0.0000000457. The number of rotatable bonds is 0. The minimum Gasteiger partial charge on any atom is -0.202 e. The van der Waals surface area contributed by atoms with Crippen LogP contribution in [0.25, 0.3) is 0 Å². The van der Waals surface area contributed by atoms with Crippen LogP contribution in [0.2, 0.25) is 0 Å². The third-order valence-corrected chi connectivity index (χ3v) is 0. The van der Waals surface area contributed by atoms with E-state index >= 15 is 0 Å². The molecule has 0 rings (SSSR count). The molecule has 0 heterocycles. The van der Waals surface area contributed by atoms with Gasteiger partial charge in [-0.2, -0.15) is 16.8 Å². The molecule has 0 spiro atoms. The molecule has 0 aliphatic heterocycles. The molecular weight excluding hydrogens is 208 g/mol. The predicted octanol–water partition coefficient (Wildman–Crippen LogP) is -2.44. The molecular formula is H4F2Li2N2O4S2. The van der Waals surface area contributed by atoms with Gasteiger partial charge in [0.1, 0.15) is 0 Å². The Bertz CT molecular complexity index is 223. The molecule has 0 aromatic heterocycles. The van der Waals surface area contributed by atoms with Gasteiger partial charge in [0.15, 0.2) is 0 Å². The average molecular weight is 212 g/mol. The van der Waals surface area contributed by atoms with Gasteiger partial charge in [-0.05, 0) is 0 Å². The van der Waals surface area contributed by atoms with Crippen LogP contribution in [0.1, 0.15) is 0 Å². The van der Waals surface area contributed by atoms with Crippen LogP contribution >= 0.6 is 0 Å². The molecule has 0 amide bonds. The molecule has 0 fully saturated rings. The Morgan fingerprint density at radius 1 is 0.750 bits per heavy atom. The summed E-state index contributed by atoms with van der Waals surface area (Å²) in [5.41, 5.74) is 0. The fourth-order valence-corrected chi connectivity index (χ4v) is 0. The van der Waals surface area contributed by atoms with E-state index in [-0.39, 0.29) is 37.7 Å². The van der Waals surface area contributed by atoms with Crippen molar-refractivity contribution in [3.63, 3.8) is 0 Å². The Morgan fingerprint density at radius 3 is 0.750 bits per heavy atom. The molecule has 66 valence electrons. The van der Waals surface area contributed by atoms with Crippen molar-refractivity contribution in [3.8, 4) is 0 Å². The van der Waals surface area contributed by atoms with E-state index in [4.69, 9.17) is 16.8 Å². The molecule has 0 unspecified atom stereocenters. The minimum atomic E-state index is -4.67. The van der Waals surface area contributed by atoms with Gasteiger partial charge < -0.3 is 0 Å². The van der Waals surface area contributed by atoms with Crippen molar-refractivity contribution in [2.24, 2.45) is 10.3 Å². The second-order valence-corrected chi connectivity index (χ2v) is 2.85. The molecule has 0 aliphatic rings. The molecule has 0 saturated heterocycles. The minimum absolute atomic E-state index is 0. The van der Waals surface area contributed by atoms with Crippen LogP contribution in [0, 0.1) is 0 Å². The molecule has 12 heavy (non-hydrogen) atoms. The first kappa shape index (κ1) is 23.1. The third-order valence-electron chi connectivity index (χ3n) is 0. The molecule has 0 aliphatic carbocycles. The summed E-state index contributed by atoms with van der Waals surface area (Å²) in [6, 6.07) is 0. The van der Waals surface area contributed by atoms with E-state index in [2.05, 4.69) is 10.3 Å². The number of hydrogen-bond donors (Lipinski definition) is 2. The number of halogens is 2. The number of hydrogen-bond acceptors (Lipinski definition) is 4. The summed E-state index contributed by atoms with van der Waals surface area (Å²) in [5, 5.41) is 7.32. The summed E-state index contributed by atoms with van der Waals surface area (Å²) in [4.78, 5) is 0. The Kier molecular flexibility index (Phi) is 16.3. The second-order valence-electron chi connectivity index (χ2n) is 0.951. The molecule has 0 aromatic carbocycles. The first-order valence-electron chi connectivity index (χ1n) is 1.45. The fraction of sp³-hybridized carbons (Fsp3) is 0. The quantitative estimate of drug-likeness (QED) is 0.342. The van der Waals surface area contributed by atoms with Gasteiger partial charge in [-0.15, -0.1) is 0 Å². The maximum Gasteiger partial charge on any atom is 0.369 e. The summed E-state index contributed by atoms with van der Waals surface area (Å²) in [7, 11) is -9.33. The molecule has 6 nitrogen and oxygen atoms in total. The van der Waals surface area contributed by atoms with E-state index in [9.17, 15) is 7.77 Å². The Hall–Kier alpha value is 0.875. The normalized spacial score (nSPS) is 9.67. The topological polar surface area (TPSA) is 120 Å². The third kappa shape index (κ3) is 1390. The molecule has 4 N–H and O–H groups in total. The van der Waals surface area contributed by atoms with Crippen molar-refractivity contribution < 1.29 is 24.6 Å². The van der Waals surface area contributed by atoms with Crippen LogP contribution in [-0.4, -0.2) is 54.6 Å². The van der Waals surface area contributed by atoms with Crippen molar-refractivity contribution in [2.45, 2.75) is 0 Å². The monoisotopic (exact) mass is 212 g/mol. The van der Waals surface area contributed by atoms with E-state index in [1.54, 1.807) is 0 Å². The van der Waals surface area contributed by atoms with Crippen LogP contribution in [0.15, 0.2) is 0 Å². The zero-order valence-electron chi connectivity index (χ0n) is 6.36. The predicted molar refractivity (Wildman–Crippen MR) is 39.9 cm³/mol. The van der Waals surface area contributed by atoms with Crippen molar-refractivity contribution >= 4 is 58.5 Å². The van der Waals surface area contributed by atoms with Crippen LogP contribution in [0.4, 0.5) is 7.77 Å². The number of nitrogens with two attached hydrogens (primary N) is 2. The summed E-state index contributed by atoms with van der Waals surface area (Å²) in [6.07, 6.45) is 0. The van der Waals surface area contributed by atoms with Gasteiger partial charge in [-0.1, -0.05) is 7.77 Å². The Labute approximate surface area is 93.1 Å². The molecule has 0 saturated carbocycles. The Morgan fingerprint density at radius 2 is 0.750 bits per heavy atom. The van der Waals surface area contributed by atoms with Crippen LogP contribution in [0.5, 0.6) is 0 Å². The zero-order chi connectivity index (χ0) is 9.00. The van der Waals surface area contributed by atoms with E-state index in [1.165, 1.54) is 0 Å². The maximum atomic E-state index is 10.4. The molecule has 12 heteroatoms. The van der Waals surface area contributed by atoms with Crippen molar-refractivity contribution in [1.29, 1.82) is 0 Å². The van der Waals surface area contributed by atoms with E-state index in [1.807, 2.05) is 0 Å². The molecule has 2 radical (unpaired) electrons. The van der Waals surface area contributed by atoms with Crippen LogP contribution in [0.3, 0.4) is 0 Å². The molecule has 0 bridgehead atoms. The summed E-state index contributed by atoms with van der Waals surface area (Å²) >= 11 is 0. The van der Waals surface area contributed by atoms with E-state index in [0.29, 0.717) is 0 Å². The summed E-state index contributed by atoms with van der Waals surface area (Å²) in [6.45, 7) is 0. The second kappa shape index (κ2) is 8.47. The van der Waals surface area contributed by atoms with E-state index < -0.39 is 20.8 Å². The first-order chi connectivity index (χ1) is 4.00. The van der Waals surface area contributed by atoms with Crippen molar-refractivity contribution in [1.82, 2.24) is 0 Å². The summed E-state index contributed by atoms with van der Waals surface area (Å²) < 4.78 is 55.8. The van der Waals surface area contributed by atoms with E-state index in [0.717, 1.165) is 0 Å². The van der Waals surface area contributed by atoms with Gasteiger partial charge >= 0.3 is 20.8 Å². The zero-order valence-corrected chi connectivity index (χ0v) is 7.99. The largest absolute Gasteiger partial charge is 0.369 e. The average Bonchev–Trinajstić information content (AvgIpc) is 1.12. The maximum absolute atomic E-state index is 10.4. The van der Waals surface area contributed by atoms with Gasteiger partial charge in [0.2, 0.25) is 0 Å². The standard InChI is InChI=1S/2FH2NO2S.2Li/c2*1-5(2,3)4;;/h2*(H2,2,3,4);;. The van der Waals surface area contributed by atoms with Crippen molar-refractivity contribution in [3.05, 3.63) is 0 Å². The van der Waals surface area contributed by atoms with Crippen LogP contribution < -0.4 is 10.3 Å². The molecule has 0 atom stereocenters. The van der Waals surface area contributed by atoms with Crippen LogP contribution in [-0.2, 0) is 20.8 Å². The van der Waals surface area contributed by atoms with Gasteiger partial charge in [-0.3, -0.25) is 0 Å². The van der Waals surface area contributed by atoms with Gasteiger partial charge in [0, 0.05) is 37.7 Å². The van der Waals surface area contributed by atoms with Crippen molar-refractivity contribution in [2.75, 3.05) is 0 Å². The fourth-order valence-electron chi connectivity index (χ4n) is 0. The van der Waals surface area contributed by atoms with Gasteiger partial charge in [-0.25, -0.2) is 10.3 Å². The molecule has 0 aromatic rings. The SMILES string of the molecule is NS(=O)(=O)F.NS(=O)(=O)F.[Li].[Li]. The first-order valence-corrected chi connectivity index (χ1v) is 4.34. The summed E-state index contributed by atoms with van der Waals surface area (Å²) in [5.74, 6) is 0.